The van der Waals surface area contributed by atoms with Crippen molar-refractivity contribution in [3.8, 4) is 0 Å². The van der Waals surface area contributed by atoms with Crippen LogP contribution in [0.5, 0.6) is 0 Å². The molecular weight excluding hydrogens is 336 g/mol. The van der Waals surface area contributed by atoms with Crippen LogP contribution in [0.25, 0.3) is 0 Å². The summed E-state index contributed by atoms with van der Waals surface area (Å²) in [5.41, 5.74) is 1.98. The first-order chi connectivity index (χ1) is 7.66. The molecule has 0 aliphatic rings. The molecule has 0 saturated heterocycles. The van der Waals surface area contributed by atoms with Crippen molar-refractivity contribution in [2.45, 2.75) is 6.92 Å². The van der Waals surface area contributed by atoms with E-state index in [1.165, 1.54) is 6.33 Å². The van der Waals surface area contributed by atoms with E-state index in [1.54, 1.807) is 6.20 Å². The number of rotatable bonds is 2. The molecule has 0 bridgehead atoms. The molecule has 1 heterocycles. The van der Waals surface area contributed by atoms with Gasteiger partial charge in [0.2, 0.25) is 0 Å². The van der Waals surface area contributed by atoms with Crippen molar-refractivity contribution >= 4 is 45.7 Å². The van der Waals surface area contributed by atoms with Gasteiger partial charge in [0.1, 0.15) is 12.1 Å². The zero-order valence-corrected chi connectivity index (χ0v) is 11.5. The summed E-state index contributed by atoms with van der Waals surface area (Å²) in [5, 5.41) is 3.87. The van der Waals surface area contributed by atoms with Gasteiger partial charge in [-0.1, -0.05) is 17.7 Å². The van der Waals surface area contributed by atoms with Crippen LogP contribution in [0.15, 0.2) is 30.7 Å². The van der Waals surface area contributed by atoms with E-state index in [9.17, 15) is 0 Å². The lowest BCUT2D eigenvalue weighted by Crippen LogP contribution is -1.97. The Hall–Kier alpha value is -0.880. The maximum absolute atomic E-state index is 6.12. The number of nitrogens with zero attached hydrogens (tertiary/aromatic N) is 2. The van der Waals surface area contributed by atoms with Crippen LogP contribution in [0.4, 0.5) is 11.5 Å². The molecule has 3 nitrogen and oxygen atoms in total. The van der Waals surface area contributed by atoms with Crippen molar-refractivity contribution in [3.63, 3.8) is 0 Å². The zero-order valence-electron chi connectivity index (χ0n) is 8.54. The third-order valence-electron chi connectivity index (χ3n) is 2.05. The summed E-state index contributed by atoms with van der Waals surface area (Å²) in [6.07, 6.45) is 3.25. The molecule has 1 aromatic carbocycles. The van der Waals surface area contributed by atoms with Gasteiger partial charge in [-0.3, -0.25) is 0 Å². The fourth-order valence-electron chi connectivity index (χ4n) is 1.25. The summed E-state index contributed by atoms with van der Waals surface area (Å²) in [6.45, 7) is 2.00. The first kappa shape index (κ1) is 11.6. The second-order valence-electron chi connectivity index (χ2n) is 3.33. The minimum Gasteiger partial charge on any atom is -0.338 e. The lowest BCUT2D eigenvalue weighted by Gasteiger charge is -2.09. The predicted molar refractivity (Wildman–Crippen MR) is 74.2 cm³/mol. The second kappa shape index (κ2) is 4.97. The fraction of sp³-hybridized carbons (Fsp3) is 0.0909. The van der Waals surface area contributed by atoms with Crippen LogP contribution < -0.4 is 5.32 Å². The van der Waals surface area contributed by atoms with Crippen LogP contribution >= 0.6 is 34.2 Å². The summed E-state index contributed by atoms with van der Waals surface area (Å²) in [7, 11) is 0. The predicted octanol–water partition coefficient (Wildman–Crippen LogP) is 3.79. The van der Waals surface area contributed by atoms with E-state index in [0.29, 0.717) is 5.02 Å². The molecule has 2 aromatic rings. The van der Waals surface area contributed by atoms with Crippen LogP contribution in [-0.4, -0.2) is 9.97 Å². The minimum atomic E-state index is 0.689. The van der Waals surface area contributed by atoms with Crippen molar-refractivity contribution in [1.82, 2.24) is 9.97 Å². The number of aromatic nitrogens is 2. The van der Waals surface area contributed by atoms with Crippen LogP contribution in [0.2, 0.25) is 5.02 Å². The van der Waals surface area contributed by atoms with Gasteiger partial charge in [-0.15, -0.1) is 0 Å². The van der Waals surface area contributed by atoms with Gasteiger partial charge in [0, 0.05) is 6.20 Å². The summed E-state index contributed by atoms with van der Waals surface area (Å²) < 4.78 is 0.955. The lowest BCUT2D eigenvalue weighted by molar-refractivity contribution is 1.15. The Morgan fingerprint density at radius 1 is 1.38 bits per heavy atom. The van der Waals surface area contributed by atoms with E-state index in [0.717, 1.165) is 20.6 Å². The highest BCUT2D eigenvalue weighted by atomic mass is 127. The van der Waals surface area contributed by atoms with E-state index in [-0.39, 0.29) is 0 Å². The average molecular weight is 346 g/mol. The molecule has 0 atom stereocenters. The minimum absolute atomic E-state index is 0.689. The Labute approximate surface area is 112 Å². The number of hydrogen-bond donors (Lipinski definition) is 1. The maximum Gasteiger partial charge on any atom is 0.147 e. The molecule has 0 saturated carbocycles. The molecule has 5 heteroatoms. The quantitative estimate of drug-likeness (QED) is 0.842. The number of anilines is 2. The lowest BCUT2D eigenvalue weighted by atomic mass is 10.2. The Kier molecular flexibility index (Phi) is 3.60. The standard InChI is InChI=1S/C11H9ClIN3/c1-7-2-3-10(8(12)4-7)16-11-9(13)5-14-6-15-11/h2-6H,1H3,(H,14,15,16). The summed E-state index contributed by atoms with van der Waals surface area (Å²) in [6, 6.07) is 5.86. The van der Waals surface area contributed by atoms with E-state index in [2.05, 4.69) is 37.9 Å². The third kappa shape index (κ3) is 2.62. The summed E-state index contributed by atoms with van der Waals surface area (Å²) in [4.78, 5) is 8.08. The van der Waals surface area contributed by atoms with E-state index in [1.807, 2.05) is 25.1 Å². The van der Waals surface area contributed by atoms with Gasteiger partial charge < -0.3 is 5.32 Å². The molecule has 0 amide bonds. The molecule has 2 rings (SSSR count). The van der Waals surface area contributed by atoms with E-state index < -0.39 is 0 Å². The Morgan fingerprint density at radius 2 is 2.19 bits per heavy atom. The van der Waals surface area contributed by atoms with Crippen molar-refractivity contribution in [3.05, 3.63) is 44.9 Å². The van der Waals surface area contributed by atoms with Gasteiger partial charge in [0.15, 0.2) is 0 Å². The Balaban J connectivity index is 2.31. The highest BCUT2D eigenvalue weighted by Crippen LogP contribution is 2.26. The first-order valence-corrected chi connectivity index (χ1v) is 6.11. The molecular formula is C11H9ClIN3. The number of halogens is 2. The van der Waals surface area contributed by atoms with Gasteiger partial charge in [0.05, 0.1) is 14.3 Å². The average Bonchev–Trinajstić information content (AvgIpc) is 2.25. The highest BCUT2D eigenvalue weighted by Gasteiger charge is 2.04. The molecule has 0 aliphatic carbocycles. The largest absolute Gasteiger partial charge is 0.338 e. The summed E-state index contributed by atoms with van der Waals surface area (Å²) >= 11 is 8.30. The molecule has 0 radical (unpaired) electrons. The Morgan fingerprint density at radius 3 is 2.88 bits per heavy atom. The number of aryl methyl sites for hydroxylation is 1. The van der Waals surface area contributed by atoms with Crippen LogP contribution in [0, 0.1) is 10.5 Å². The normalized spacial score (nSPS) is 10.2. The Bertz CT molecular complexity index is 516. The molecule has 1 N–H and O–H groups in total. The number of benzene rings is 1. The van der Waals surface area contributed by atoms with Crippen LogP contribution in [-0.2, 0) is 0 Å². The molecule has 0 spiro atoms. The zero-order chi connectivity index (χ0) is 11.5. The van der Waals surface area contributed by atoms with Gasteiger partial charge >= 0.3 is 0 Å². The van der Waals surface area contributed by atoms with Crippen molar-refractivity contribution in [2.75, 3.05) is 5.32 Å². The maximum atomic E-state index is 6.12. The fourth-order valence-corrected chi connectivity index (χ4v) is 1.97. The van der Waals surface area contributed by atoms with E-state index >= 15 is 0 Å². The molecule has 0 fully saturated rings. The molecule has 0 unspecified atom stereocenters. The monoisotopic (exact) mass is 345 g/mol. The first-order valence-electron chi connectivity index (χ1n) is 4.65. The van der Waals surface area contributed by atoms with E-state index in [4.69, 9.17) is 11.6 Å². The molecule has 16 heavy (non-hydrogen) atoms. The SMILES string of the molecule is Cc1ccc(Nc2ncncc2I)c(Cl)c1. The number of hydrogen-bond acceptors (Lipinski definition) is 3. The topological polar surface area (TPSA) is 37.8 Å². The second-order valence-corrected chi connectivity index (χ2v) is 4.90. The third-order valence-corrected chi connectivity index (χ3v) is 3.15. The van der Waals surface area contributed by atoms with Crippen LogP contribution in [0.1, 0.15) is 5.56 Å². The van der Waals surface area contributed by atoms with Gasteiger partial charge in [-0.2, -0.15) is 0 Å². The van der Waals surface area contributed by atoms with Gasteiger partial charge in [0.25, 0.3) is 0 Å². The summed E-state index contributed by atoms with van der Waals surface area (Å²) in [5.74, 6) is 0.765. The number of nitrogens with one attached hydrogen (secondary N) is 1. The van der Waals surface area contributed by atoms with Crippen molar-refractivity contribution < 1.29 is 0 Å². The molecule has 0 aliphatic heterocycles. The van der Waals surface area contributed by atoms with Crippen LogP contribution in [0.3, 0.4) is 0 Å². The van der Waals surface area contributed by atoms with Gasteiger partial charge in [-0.05, 0) is 47.2 Å². The van der Waals surface area contributed by atoms with Crippen molar-refractivity contribution in [1.29, 1.82) is 0 Å². The van der Waals surface area contributed by atoms with Gasteiger partial charge in [-0.25, -0.2) is 9.97 Å². The molecule has 1 aromatic heterocycles. The smallest absolute Gasteiger partial charge is 0.147 e. The molecule has 82 valence electrons. The van der Waals surface area contributed by atoms with Crippen molar-refractivity contribution in [2.24, 2.45) is 0 Å². The highest BCUT2D eigenvalue weighted by molar-refractivity contribution is 14.1.